The fraction of sp³-hybridized carbons (Fsp3) is 0.333. The number of hydrogen-bond acceptors (Lipinski definition) is 4. The molecule has 0 spiro atoms. The average molecular weight is 384 g/mol. The molecule has 1 aliphatic heterocycles. The van der Waals surface area contributed by atoms with Crippen LogP contribution in [0, 0.1) is 6.92 Å². The van der Waals surface area contributed by atoms with Gasteiger partial charge in [0.1, 0.15) is 0 Å². The van der Waals surface area contributed by atoms with Crippen LogP contribution in [-0.2, 0) is 4.74 Å². The first-order valence-electron chi connectivity index (χ1n) is 9.06. The van der Waals surface area contributed by atoms with Gasteiger partial charge in [-0.25, -0.2) is 4.79 Å². The Kier molecular flexibility index (Phi) is 5.96. The lowest BCUT2D eigenvalue weighted by Gasteiger charge is -2.42. The van der Waals surface area contributed by atoms with Crippen molar-refractivity contribution in [2.75, 3.05) is 37.0 Å². The van der Waals surface area contributed by atoms with Crippen molar-refractivity contribution in [2.45, 2.75) is 19.9 Å². The maximum absolute atomic E-state index is 11.9. The number of para-hydroxylation sites is 1. The van der Waals surface area contributed by atoms with Gasteiger partial charge in [-0.15, -0.1) is 0 Å². The molecule has 2 aromatic rings. The topological polar surface area (TPSA) is 44.8 Å². The number of ether oxygens (including phenoxy) is 1. The number of methoxy groups -OCH3 is 1. The van der Waals surface area contributed by atoms with Gasteiger partial charge in [0.15, 0.2) is 5.11 Å². The summed E-state index contributed by atoms with van der Waals surface area (Å²) in [4.78, 5) is 16.5. The minimum Gasteiger partial charge on any atom is -0.465 e. The van der Waals surface area contributed by atoms with E-state index < -0.39 is 0 Å². The molecule has 142 valence electrons. The number of benzene rings is 2. The molecule has 5 nitrogen and oxygen atoms in total. The molecule has 1 aliphatic rings. The SMILES string of the molecule is COC(=O)c1ccccc1NC(=S)N1CCN(c2ccc(C)cc2)C(C)C1. The summed E-state index contributed by atoms with van der Waals surface area (Å²) in [7, 11) is 1.38. The fourth-order valence-corrected chi connectivity index (χ4v) is 3.61. The third-order valence-corrected chi connectivity index (χ3v) is 5.21. The van der Waals surface area contributed by atoms with E-state index in [9.17, 15) is 4.79 Å². The zero-order valence-electron chi connectivity index (χ0n) is 15.9. The molecule has 1 saturated heterocycles. The van der Waals surface area contributed by atoms with Crippen LogP contribution in [0.2, 0.25) is 0 Å². The van der Waals surface area contributed by atoms with Crippen LogP contribution >= 0.6 is 12.2 Å². The Morgan fingerprint density at radius 2 is 1.85 bits per heavy atom. The summed E-state index contributed by atoms with van der Waals surface area (Å²) in [6, 6.07) is 16.2. The Bertz CT molecular complexity index is 822. The first-order chi connectivity index (χ1) is 13.0. The third kappa shape index (κ3) is 4.39. The van der Waals surface area contributed by atoms with Crippen molar-refractivity contribution in [1.29, 1.82) is 0 Å². The van der Waals surface area contributed by atoms with Crippen LogP contribution < -0.4 is 10.2 Å². The normalized spacial score (nSPS) is 16.8. The summed E-state index contributed by atoms with van der Waals surface area (Å²) in [6.45, 7) is 6.84. The van der Waals surface area contributed by atoms with Crippen molar-refractivity contribution >= 4 is 34.7 Å². The molecule has 0 bridgehead atoms. The van der Waals surface area contributed by atoms with Crippen LogP contribution in [0.4, 0.5) is 11.4 Å². The lowest BCUT2D eigenvalue weighted by molar-refractivity contribution is 0.0602. The molecule has 1 heterocycles. The van der Waals surface area contributed by atoms with Gasteiger partial charge in [0, 0.05) is 31.4 Å². The highest BCUT2D eigenvalue weighted by Gasteiger charge is 2.26. The fourth-order valence-electron chi connectivity index (χ4n) is 3.34. The van der Waals surface area contributed by atoms with Crippen LogP contribution in [0.1, 0.15) is 22.8 Å². The van der Waals surface area contributed by atoms with Crippen molar-refractivity contribution in [1.82, 2.24) is 4.90 Å². The van der Waals surface area contributed by atoms with Gasteiger partial charge >= 0.3 is 5.97 Å². The third-order valence-electron chi connectivity index (χ3n) is 4.85. The summed E-state index contributed by atoms with van der Waals surface area (Å²) in [5.74, 6) is -0.376. The molecule has 1 atom stereocenters. The molecule has 1 N–H and O–H groups in total. The Balaban J connectivity index is 1.66. The maximum Gasteiger partial charge on any atom is 0.339 e. The van der Waals surface area contributed by atoms with Gasteiger partial charge in [0.2, 0.25) is 0 Å². The highest BCUT2D eigenvalue weighted by molar-refractivity contribution is 7.80. The number of hydrogen-bond donors (Lipinski definition) is 1. The zero-order valence-corrected chi connectivity index (χ0v) is 16.8. The minimum absolute atomic E-state index is 0.331. The molecule has 0 radical (unpaired) electrons. The molecule has 0 amide bonds. The molecule has 0 aliphatic carbocycles. The van der Waals surface area contributed by atoms with E-state index >= 15 is 0 Å². The lowest BCUT2D eigenvalue weighted by Crippen LogP contribution is -2.54. The van der Waals surface area contributed by atoms with Gasteiger partial charge in [-0.3, -0.25) is 0 Å². The predicted octanol–water partition coefficient (Wildman–Crippen LogP) is 3.69. The summed E-state index contributed by atoms with van der Waals surface area (Å²) in [5.41, 5.74) is 3.65. The Labute approximate surface area is 165 Å². The van der Waals surface area contributed by atoms with Gasteiger partial charge in [-0.1, -0.05) is 29.8 Å². The standard InChI is InChI=1S/C21H25N3O2S/c1-15-8-10-17(11-9-15)24-13-12-23(14-16(24)2)21(27)22-19-7-5-4-6-18(19)20(25)26-3/h4-11,16H,12-14H2,1-3H3,(H,22,27). The quantitative estimate of drug-likeness (QED) is 0.644. The van der Waals surface area contributed by atoms with E-state index in [0.717, 1.165) is 19.6 Å². The van der Waals surface area contributed by atoms with Crippen LogP contribution in [0.25, 0.3) is 0 Å². The molecule has 3 rings (SSSR count). The van der Waals surface area contributed by atoms with E-state index in [1.165, 1.54) is 18.4 Å². The lowest BCUT2D eigenvalue weighted by atomic mass is 10.1. The second kappa shape index (κ2) is 8.39. The number of nitrogens with zero attached hydrogens (tertiary/aromatic N) is 2. The summed E-state index contributed by atoms with van der Waals surface area (Å²) in [6.07, 6.45) is 0. The number of aryl methyl sites for hydroxylation is 1. The van der Waals surface area contributed by atoms with Gasteiger partial charge in [0.05, 0.1) is 18.4 Å². The first kappa shape index (κ1) is 19.2. The van der Waals surface area contributed by atoms with Crippen LogP contribution in [0.3, 0.4) is 0 Å². The highest BCUT2D eigenvalue weighted by atomic mass is 32.1. The summed E-state index contributed by atoms with van der Waals surface area (Å²) in [5, 5.41) is 3.84. The molecular weight excluding hydrogens is 358 g/mol. The number of rotatable bonds is 3. The second-order valence-electron chi connectivity index (χ2n) is 6.79. The van der Waals surface area contributed by atoms with E-state index in [-0.39, 0.29) is 5.97 Å². The Morgan fingerprint density at radius 1 is 1.15 bits per heavy atom. The van der Waals surface area contributed by atoms with E-state index in [4.69, 9.17) is 17.0 Å². The first-order valence-corrected chi connectivity index (χ1v) is 9.47. The largest absolute Gasteiger partial charge is 0.465 e. The van der Waals surface area contributed by atoms with Crippen LogP contribution in [0.5, 0.6) is 0 Å². The van der Waals surface area contributed by atoms with E-state index in [1.807, 2.05) is 18.2 Å². The van der Waals surface area contributed by atoms with Crippen molar-refractivity contribution in [3.8, 4) is 0 Å². The van der Waals surface area contributed by atoms with Gasteiger partial charge in [-0.05, 0) is 50.3 Å². The molecule has 1 fully saturated rings. The average Bonchev–Trinajstić information content (AvgIpc) is 2.68. The maximum atomic E-state index is 11.9. The van der Waals surface area contributed by atoms with Crippen molar-refractivity contribution in [3.63, 3.8) is 0 Å². The van der Waals surface area contributed by atoms with E-state index in [1.54, 1.807) is 6.07 Å². The Morgan fingerprint density at radius 3 is 2.52 bits per heavy atom. The van der Waals surface area contributed by atoms with E-state index in [2.05, 4.69) is 53.2 Å². The van der Waals surface area contributed by atoms with Gasteiger partial charge < -0.3 is 19.9 Å². The zero-order chi connectivity index (χ0) is 19.4. The van der Waals surface area contributed by atoms with Crippen molar-refractivity contribution in [3.05, 3.63) is 59.7 Å². The molecule has 2 aromatic carbocycles. The monoisotopic (exact) mass is 383 g/mol. The molecular formula is C21H25N3O2S. The summed E-state index contributed by atoms with van der Waals surface area (Å²) < 4.78 is 4.85. The molecule has 27 heavy (non-hydrogen) atoms. The van der Waals surface area contributed by atoms with Gasteiger partial charge in [-0.2, -0.15) is 0 Å². The minimum atomic E-state index is -0.376. The predicted molar refractivity (Wildman–Crippen MR) is 114 cm³/mol. The number of esters is 1. The summed E-state index contributed by atoms with van der Waals surface area (Å²) >= 11 is 5.61. The number of carbonyl (C=O) groups excluding carboxylic acids is 1. The van der Waals surface area contributed by atoms with Crippen molar-refractivity contribution in [2.24, 2.45) is 0 Å². The molecule has 0 aromatic heterocycles. The Hall–Kier alpha value is -2.60. The highest BCUT2D eigenvalue weighted by Crippen LogP contribution is 2.22. The molecule has 1 unspecified atom stereocenters. The van der Waals surface area contributed by atoms with Crippen LogP contribution in [0.15, 0.2) is 48.5 Å². The number of piperazine rings is 1. The number of anilines is 2. The van der Waals surface area contributed by atoms with Gasteiger partial charge in [0.25, 0.3) is 0 Å². The van der Waals surface area contributed by atoms with Crippen molar-refractivity contribution < 1.29 is 9.53 Å². The van der Waals surface area contributed by atoms with E-state index in [0.29, 0.717) is 22.4 Å². The number of thiocarbonyl (C=S) groups is 1. The smallest absolute Gasteiger partial charge is 0.339 e. The van der Waals surface area contributed by atoms with Crippen LogP contribution in [-0.4, -0.2) is 48.8 Å². The second-order valence-corrected chi connectivity index (χ2v) is 7.18. The molecule has 0 saturated carbocycles. The number of nitrogens with one attached hydrogen (secondary N) is 1. The molecule has 6 heteroatoms. The number of carbonyl (C=O) groups is 1.